The first-order valence-corrected chi connectivity index (χ1v) is 7.71. The standard InChI is InChI=1S/C15H16BrN3O4/c1-8(2)17-15(22)19-11(20)7-23-14(21)13-12(16)9-5-3-4-6-10(9)18-13/h3-6,8,18H,7H2,1-2H3,(H2,17,19,20,22). The van der Waals surface area contributed by atoms with E-state index in [1.165, 1.54) is 0 Å². The summed E-state index contributed by atoms with van der Waals surface area (Å²) in [6.45, 7) is 2.97. The Bertz CT molecular complexity index is 754. The van der Waals surface area contributed by atoms with E-state index in [1.54, 1.807) is 13.8 Å². The molecule has 8 heteroatoms. The van der Waals surface area contributed by atoms with Crippen LogP contribution in [0.3, 0.4) is 0 Å². The van der Waals surface area contributed by atoms with Crippen LogP contribution in [-0.4, -0.2) is 35.5 Å². The van der Waals surface area contributed by atoms with E-state index in [-0.39, 0.29) is 11.7 Å². The quantitative estimate of drug-likeness (QED) is 0.707. The predicted octanol–water partition coefficient (Wildman–Crippen LogP) is 2.32. The molecule has 3 N–H and O–H groups in total. The van der Waals surface area contributed by atoms with Crippen LogP contribution in [-0.2, 0) is 9.53 Å². The van der Waals surface area contributed by atoms with E-state index in [2.05, 4.69) is 31.5 Å². The third-order valence-electron chi connectivity index (χ3n) is 2.85. The van der Waals surface area contributed by atoms with Crippen LogP contribution < -0.4 is 10.6 Å². The van der Waals surface area contributed by atoms with E-state index in [0.29, 0.717) is 4.47 Å². The van der Waals surface area contributed by atoms with Crippen LogP contribution in [0.15, 0.2) is 28.7 Å². The molecule has 0 fully saturated rings. The highest BCUT2D eigenvalue weighted by molar-refractivity contribution is 9.10. The fourth-order valence-electron chi connectivity index (χ4n) is 1.91. The third-order valence-corrected chi connectivity index (χ3v) is 3.68. The van der Waals surface area contributed by atoms with Crippen LogP contribution in [0.1, 0.15) is 24.3 Å². The van der Waals surface area contributed by atoms with E-state index in [4.69, 9.17) is 4.74 Å². The number of amides is 3. The van der Waals surface area contributed by atoms with Crippen LogP contribution in [0.5, 0.6) is 0 Å². The summed E-state index contributed by atoms with van der Waals surface area (Å²) in [5.74, 6) is -1.39. The molecule has 0 aliphatic carbocycles. The monoisotopic (exact) mass is 381 g/mol. The van der Waals surface area contributed by atoms with Crippen molar-refractivity contribution in [3.8, 4) is 0 Å². The number of H-pyrrole nitrogens is 1. The van der Waals surface area contributed by atoms with Crippen LogP contribution >= 0.6 is 15.9 Å². The smallest absolute Gasteiger partial charge is 0.356 e. The number of para-hydroxylation sites is 1. The molecule has 23 heavy (non-hydrogen) atoms. The molecular weight excluding hydrogens is 366 g/mol. The van der Waals surface area contributed by atoms with E-state index in [9.17, 15) is 14.4 Å². The molecule has 1 aromatic heterocycles. The molecule has 2 rings (SSSR count). The lowest BCUT2D eigenvalue weighted by molar-refractivity contribution is -0.123. The van der Waals surface area contributed by atoms with Crippen molar-refractivity contribution >= 4 is 44.7 Å². The highest BCUT2D eigenvalue weighted by Crippen LogP contribution is 2.27. The number of rotatable bonds is 4. The topological polar surface area (TPSA) is 100 Å². The highest BCUT2D eigenvalue weighted by atomic mass is 79.9. The summed E-state index contributed by atoms with van der Waals surface area (Å²) in [7, 11) is 0. The Morgan fingerprint density at radius 3 is 2.61 bits per heavy atom. The Morgan fingerprint density at radius 1 is 1.26 bits per heavy atom. The second-order valence-electron chi connectivity index (χ2n) is 5.11. The Hall–Kier alpha value is -2.35. The van der Waals surface area contributed by atoms with E-state index < -0.39 is 24.5 Å². The SMILES string of the molecule is CC(C)NC(=O)NC(=O)COC(=O)c1[nH]c2ccccc2c1Br. The van der Waals surface area contributed by atoms with Gasteiger partial charge in [0.25, 0.3) is 5.91 Å². The fourth-order valence-corrected chi connectivity index (χ4v) is 2.52. The van der Waals surface area contributed by atoms with Crippen molar-refractivity contribution < 1.29 is 19.1 Å². The van der Waals surface area contributed by atoms with Crippen LogP contribution in [0.4, 0.5) is 4.79 Å². The molecule has 0 saturated carbocycles. The van der Waals surface area contributed by atoms with Gasteiger partial charge >= 0.3 is 12.0 Å². The molecule has 0 aliphatic heterocycles. The zero-order chi connectivity index (χ0) is 17.0. The number of nitrogens with one attached hydrogen (secondary N) is 3. The number of esters is 1. The second kappa shape index (κ2) is 7.28. The van der Waals surface area contributed by atoms with Gasteiger partial charge < -0.3 is 15.0 Å². The van der Waals surface area contributed by atoms with Gasteiger partial charge in [0, 0.05) is 16.9 Å². The number of ether oxygens (including phenoxy) is 1. The molecule has 0 aliphatic rings. The van der Waals surface area contributed by atoms with E-state index >= 15 is 0 Å². The Kier molecular flexibility index (Phi) is 5.38. The average Bonchev–Trinajstić information content (AvgIpc) is 2.81. The van der Waals surface area contributed by atoms with E-state index in [1.807, 2.05) is 24.3 Å². The van der Waals surface area contributed by atoms with Crippen LogP contribution in [0, 0.1) is 0 Å². The van der Waals surface area contributed by atoms with Gasteiger partial charge in [0.05, 0.1) is 4.47 Å². The van der Waals surface area contributed by atoms with Crippen molar-refractivity contribution in [2.45, 2.75) is 19.9 Å². The van der Waals surface area contributed by atoms with Gasteiger partial charge in [-0.1, -0.05) is 18.2 Å². The number of halogens is 1. The number of hydrogen-bond acceptors (Lipinski definition) is 4. The molecule has 1 aromatic carbocycles. The summed E-state index contributed by atoms with van der Waals surface area (Å²) in [5.41, 5.74) is 0.984. The maximum absolute atomic E-state index is 12.0. The number of carbonyl (C=O) groups is 3. The number of aromatic nitrogens is 1. The summed E-state index contributed by atoms with van der Waals surface area (Å²) in [6.07, 6.45) is 0. The summed E-state index contributed by atoms with van der Waals surface area (Å²) < 4.78 is 5.48. The Balaban J connectivity index is 1.95. The molecule has 0 bridgehead atoms. The number of fused-ring (bicyclic) bond motifs is 1. The number of hydrogen-bond donors (Lipinski definition) is 3. The van der Waals surface area contributed by atoms with Gasteiger partial charge in [-0.15, -0.1) is 0 Å². The van der Waals surface area contributed by atoms with Crippen molar-refractivity contribution in [3.63, 3.8) is 0 Å². The maximum atomic E-state index is 12.0. The lowest BCUT2D eigenvalue weighted by atomic mass is 10.2. The molecule has 7 nitrogen and oxygen atoms in total. The van der Waals surface area contributed by atoms with Gasteiger partial charge in [-0.3, -0.25) is 10.1 Å². The zero-order valence-electron chi connectivity index (χ0n) is 12.6. The summed E-state index contributed by atoms with van der Waals surface area (Å²) in [4.78, 5) is 37.9. The fraction of sp³-hybridized carbons (Fsp3) is 0.267. The van der Waals surface area contributed by atoms with Gasteiger partial charge in [-0.2, -0.15) is 0 Å². The molecule has 0 saturated heterocycles. The highest BCUT2D eigenvalue weighted by Gasteiger charge is 2.18. The van der Waals surface area contributed by atoms with Crippen molar-refractivity contribution in [3.05, 3.63) is 34.4 Å². The van der Waals surface area contributed by atoms with E-state index in [0.717, 1.165) is 10.9 Å². The molecule has 2 aromatic rings. The molecule has 3 amide bonds. The largest absolute Gasteiger partial charge is 0.451 e. The first-order chi connectivity index (χ1) is 10.9. The Labute approximate surface area is 140 Å². The molecule has 0 unspecified atom stereocenters. The molecular formula is C15H16BrN3O4. The van der Waals surface area contributed by atoms with Crippen molar-refractivity contribution in [1.29, 1.82) is 0 Å². The van der Waals surface area contributed by atoms with Crippen LogP contribution in [0.25, 0.3) is 10.9 Å². The Morgan fingerprint density at radius 2 is 1.96 bits per heavy atom. The summed E-state index contributed by atoms with van der Waals surface area (Å²) in [5, 5.41) is 5.40. The van der Waals surface area contributed by atoms with Gasteiger partial charge in [0.2, 0.25) is 0 Å². The molecule has 0 atom stereocenters. The maximum Gasteiger partial charge on any atom is 0.356 e. The normalized spacial score (nSPS) is 10.6. The van der Waals surface area contributed by atoms with Gasteiger partial charge in [-0.25, -0.2) is 9.59 Å². The molecule has 1 heterocycles. The number of urea groups is 1. The molecule has 0 radical (unpaired) electrons. The molecule has 122 valence electrons. The number of imide groups is 1. The van der Waals surface area contributed by atoms with Crippen LogP contribution in [0.2, 0.25) is 0 Å². The van der Waals surface area contributed by atoms with Gasteiger partial charge in [0.15, 0.2) is 6.61 Å². The lowest BCUT2D eigenvalue weighted by Crippen LogP contribution is -2.44. The minimum absolute atomic E-state index is 0.104. The minimum Gasteiger partial charge on any atom is -0.451 e. The lowest BCUT2D eigenvalue weighted by Gasteiger charge is -2.09. The summed E-state index contributed by atoms with van der Waals surface area (Å²) in [6, 6.07) is 6.61. The first kappa shape index (κ1) is 17.0. The number of carbonyl (C=O) groups excluding carboxylic acids is 3. The minimum atomic E-state index is -0.705. The second-order valence-corrected chi connectivity index (χ2v) is 5.91. The summed E-state index contributed by atoms with van der Waals surface area (Å²) >= 11 is 3.33. The van der Waals surface area contributed by atoms with Crippen molar-refractivity contribution in [2.75, 3.05) is 6.61 Å². The van der Waals surface area contributed by atoms with Crippen molar-refractivity contribution in [1.82, 2.24) is 15.6 Å². The van der Waals surface area contributed by atoms with Gasteiger partial charge in [-0.05, 0) is 35.8 Å². The van der Waals surface area contributed by atoms with Gasteiger partial charge in [0.1, 0.15) is 5.69 Å². The zero-order valence-corrected chi connectivity index (χ0v) is 14.2. The number of benzene rings is 1. The molecule has 0 spiro atoms. The first-order valence-electron chi connectivity index (χ1n) is 6.92. The third kappa shape index (κ3) is 4.32. The predicted molar refractivity (Wildman–Crippen MR) is 88.1 cm³/mol. The number of aromatic amines is 1. The average molecular weight is 382 g/mol. The van der Waals surface area contributed by atoms with Crippen molar-refractivity contribution in [2.24, 2.45) is 0 Å².